The van der Waals surface area contributed by atoms with E-state index < -0.39 is 18.5 Å². The first-order valence-corrected chi connectivity index (χ1v) is 8.59. The van der Waals surface area contributed by atoms with Gasteiger partial charge in [-0.15, -0.1) is 0 Å². The van der Waals surface area contributed by atoms with Crippen molar-refractivity contribution in [3.63, 3.8) is 0 Å². The number of aromatic nitrogens is 1. The maximum absolute atomic E-state index is 12.6. The quantitative estimate of drug-likeness (QED) is 0.630. The van der Waals surface area contributed by atoms with Gasteiger partial charge in [0.1, 0.15) is 11.5 Å². The number of aryl methyl sites for hydroxylation is 1. The van der Waals surface area contributed by atoms with Crippen LogP contribution in [0, 0.1) is 6.92 Å². The highest BCUT2D eigenvalue weighted by molar-refractivity contribution is 6.05. The van der Waals surface area contributed by atoms with Crippen LogP contribution in [0.15, 0.2) is 46.9 Å². The van der Waals surface area contributed by atoms with Crippen LogP contribution in [0.3, 0.4) is 0 Å². The number of amides is 2. The lowest BCUT2D eigenvalue weighted by Crippen LogP contribution is -2.37. The van der Waals surface area contributed by atoms with Gasteiger partial charge < -0.3 is 19.8 Å². The zero-order valence-electron chi connectivity index (χ0n) is 15.4. The van der Waals surface area contributed by atoms with Gasteiger partial charge in [0.2, 0.25) is 5.91 Å². The highest BCUT2D eigenvalue weighted by Crippen LogP contribution is 2.26. The minimum Gasteiger partial charge on any atom is -0.460 e. The Morgan fingerprint density at radius 3 is 2.61 bits per heavy atom. The first-order valence-electron chi connectivity index (χ1n) is 8.59. The van der Waals surface area contributed by atoms with Crippen molar-refractivity contribution >= 4 is 28.7 Å². The minimum absolute atomic E-state index is 0.187. The summed E-state index contributed by atoms with van der Waals surface area (Å²) in [6.07, 6.45) is 0. The zero-order chi connectivity index (χ0) is 20.1. The summed E-state index contributed by atoms with van der Waals surface area (Å²) in [7, 11) is 1.46. The summed E-state index contributed by atoms with van der Waals surface area (Å²) < 4.78 is 10.7. The van der Waals surface area contributed by atoms with Crippen molar-refractivity contribution in [1.29, 1.82) is 0 Å². The Morgan fingerprint density at radius 1 is 1.11 bits per heavy atom. The summed E-state index contributed by atoms with van der Waals surface area (Å²) in [5.41, 5.74) is 1.36. The molecule has 0 radical (unpaired) electrons. The molecule has 0 saturated heterocycles. The third-order valence-corrected chi connectivity index (χ3v) is 3.99. The van der Waals surface area contributed by atoms with E-state index in [0.717, 1.165) is 5.76 Å². The second kappa shape index (κ2) is 8.34. The predicted molar refractivity (Wildman–Crippen MR) is 102 cm³/mol. The standard InChI is InChI=1S/C20H19N3O5/c1-12-7-8-17(28-12)16-9-14(13-5-3-4-6-15(13)23-16)20(26)27-11-19(25)22-10-18(24)21-2/h3-9H,10-11H2,1-2H3,(H,21,24)(H,22,25). The number of carbonyl (C=O) groups excluding carboxylic acids is 3. The van der Waals surface area contributed by atoms with Crippen molar-refractivity contribution in [2.24, 2.45) is 0 Å². The predicted octanol–water partition coefficient (Wildman–Crippen LogP) is 1.82. The lowest BCUT2D eigenvalue weighted by atomic mass is 10.1. The third kappa shape index (κ3) is 4.35. The highest BCUT2D eigenvalue weighted by atomic mass is 16.5. The SMILES string of the molecule is CNC(=O)CNC(=O)COC(=O)c1cc(-c2ccc(C)o2)nc2ccccc12. The van der Waals surface area contributed by atoms with E-state index in [1.165, 1.54) is 7.05 Å². The van der Waals surface area contributed by atoms with E-state index in [2.05, 4.69) is 15.6 Å². The number of esters is 1. The van der Waals surface area contributed by atoms with Crippen molar-refractivity contribution in [1.82, 2.24) is 15.6 Å². The fourth-order valence-electron chi connectivity index (χ4n) is 2.57. The second-order valence-corrected chi connectivity index (χ2v) is 6.01. The maximum atomic E-state index is 12.6. The van der Waals surface area contributed by atoms with Gasteiger partial charge in [0.05, 0.1) is 17.6 Å². The number of fused-ring (bicyclic) bond motifs is 1. The van der Waals surface area contributed by atoms with E-state index >= 15 is 0 Å². The first-order chi connectivity index (χ1) is 13.5. The Kier molecular flexibility index (Phi) is 5.69. The summed E-state index contributed by atoms with van der Waals surface area (Å²) in [6.45, 7) is 1.13. The van der Waals surface area contributed by atoms with Crippen LogP contribution in [-0.4, -0.2) is 43.0 Å². The van der Waals surface area contributed by atoms with Gasteiger partial charge in [-0.25, -0.2) is 9.78 Å². The molecule has 1 aromatic carbocycles. The van der Waals surface area contributed by atoms with Crippen LogP contribution < -0.4 is 10.6 Å². The molecule has 144 valence electrons. The van der Waals surface area contributed by atoms with E-state index in [-0.39, 0.29) is 18.0 Å². The van der Waals surface area contributed by atoms with Gasteiger partial charge in [-0.1, -0.05) is 18.2 Å². The Labute approximate surface area is 160 Å². The van der Waals surface area contributed by atoms with Gasteiger partial charge in [-0.05, 0) is 31.2 Å². The summed E-state index contributed by atoms with van der Waals surface area (Å²) in [6, 6.07) is 12.3. The van der Waals surface area contributed by atoms with Gasteiger partial charge in [0, 0.05) is 12.4 Å². The van der Waals surface area contributed by atoms with Gasteiger partial charge in [0.15, 0.2) is 12.4 Å². The topological polar surface area (TPSA) is 111 Å². The molecule has 8 nitrogen and oxygen atoms in total. The number of carbonyl (C=O) groups is 3. The van der Waals surface area contributed by atoms with Crippen LogP contribution in [0.25, 0.3) is 22.4 Å². The Bertz CT molecular complexity index is 1040. The molecule has 3 aromatic rings. The molecule has 28 heavy (non-hydrogen) atoms. The molecule has 0 aliphatic carbocycles. The van der Waals surface area contributed by atoms with Crippen LogP contribution >= 0.6 is 0 Å². The lowest BCUT2D eigenvalue weighted by Gasteiger charge is -2.09. The molecule has 2 amide bonds. The van der Waals surface area contributed by atoms with Crippen LogP contribution in [0.4, 0.5) is 0 Å². The van der Waals surface area contributed by atoms with Crippen molar-refractivity contribution < 1.29 is 23.5 Å². The number of nitrogens with zero attached hydrogens (tertiary/aromatic N) is 1. The number of pyridine rings is 1. The molecule has 0 unspecified atom stereocenters. The molecule has 0 aliphatic rings. The van der Waals surface area contributed by atoms with Crippen molar-refractivity contribution in [2.75, 3.05) is 20.2 Å². The molecule has 2 aromatic heterocycles. The number of nitrogens with one attached hydrogen (secondary N) is 2. The number of ether oxygens (including phenoxy) is 1. The zero-order valence-corrected chi connectivity index (χ0v) is 15.4. The molecule has 0 saturated carbocycles. The van der Waals surface area contributed by atoms with Crippen LogP contribution in [-0.2, 0) is 14.3 Å². The fraction of sp³-hybridized carbons (Fsp3) is 0.200. The monoisotopic (exact) mass is 381 g/mol. The van der Waals surface area contributed by atoms with Crippen LogP contribution in [0.2, 0.25) is 0 Å². The van der Waals surface area contributed by atoms with E-state index in [1.807, 2.05) is 13.0 Å². The molecule has 8 heteroatoms. The number of hydrogen-bond acceptors (Lipinski definition) is 6. The summed E-state index contributed by atoms with van der Waals surface area (Å²) in [5, 5.41) is 5.34. The summed E-state index contributed by atoms with van der Waals surface area (Å²) >= 11 is 0. The second-order valence-electron chi connectivity index (χ2n) is 6.01. The summed E-state index contributed by atoms with van der Waals surface area (Å²) in [5.74, 6) is -0.337. The number of hydrogen-bond donors (Lipinski definition) is 2. The average Bonchev–Trinajstić information content (AvgIpc) is 3.15. The number of rotatable bonds is 6. The van der Waals surface area contributed by atoms with E-state index in [0.29, 0.717) is 22.4 Å². The van der Waals surface area contributed by atoms with Gasteiger partial charge in [-0.3, -0.25) is 9.59 Å². The van der Waals surface area contributed by atoms with Crippen LogP contribution in [0.5, 0.6) is 0 Å². The normalized spacial score (nSPS) is 10.5. The number of furan rings is 1. The summed E-state index contributed by atoms with van der Waals surface area (Å²) in [4.78, 5) is 40.0. The van der Waals surface area contributed by atoms with Crippen molar-refractivity contribution in [2.45, 2.75) is 6.92 Å². The van der Waals surface area contributed by atoms with E-state index in [9.17, 15) is 14.4 Å². The number of para-hydroxylation sites is 1. The smallest absolute Gasteiger partial charge is 0.339 e. The highest BCUT2D eigenvalue weighted by Gasteiger charge is 2.17. The molecule has 0 bridgehead atoms. The Balaban J connectivity index is 1.82. The largest absolute Gasteiger partial charge is 0.460 e. The Morgan fingerprint density at radius 2 is 1.89 bits per heavy atom. The molecule has 0 atom stereocenters. The van der Waals surface area contributed by atoms with E-state index in [4.69, 9.17) is 9.15 Å². The van der Waals surface area contributed by atoms with Gasteiger partial charge in [0.25, 0.3) is 5.91 Å². The first kappa shape index (κ1) is 19.1. The number of benzene rings is 1. The molecule has 0 aliphatic heterocycles. The molecule has 0 spiro atoms. The molecular formula is C20H19N3O5. The molecule has 3 rings (SSSR count). The van der Waals surface area contributed by atoms with Gasteiger partial charge >= 0.3 is 5.97 Å². The third-order valence-electron chi connectivity index (χ3n) is 3.99. The lowest BCUT2D eigenvalue weighted by molar-refractivity contribution is -0.127. The molecule has 2 heterocycles. The Hall–Kier alpha value is -3.68. The molecule has 2 N–H and O–H groups in total. The van der Waals surface area contributed by atoms with Crippen molar-refractivity contribution in [3.8, 4) is 11.5 Å². The molecule has 0 fully saturated rings. The average molecular weight is 381 g/mol. The maximum Gasteiger partial charge on any atom is 0.339 e. The minimum atomic E-state index is -0.668. The number of likely N-dealkylation sites (N-methyl/N-ethyl adjacent to an activating group) is 1. The molecular weight excluding hydrogens is 362 g/mol. The van der Waals surface area contributed by atoms with E-state index in [1.54, 1.807) is 36.4 Å². The van der Waals surface area contributed by atoms with Crippen LogP contribution in [0.1, 0.15) is 16.1 Å². The van der Waals surface area contributed by atoms with Gasteiger partial charge in [-0.2, -0.15) is 0 Å². The van der Waals surface area contributed by atoms with Crippen molar-refractivity contribution in [3.05, 3.63) is 53.8 Å². The fourth-order valence-corrected chi connectivity index (χ4v) is 2.57.